The number of nitrogens with zero attached hydrogens (tertiary/aromatic N) is 2. The van der Waals surface area contributed by atoms with E-state index in [2.05, 4.69) is 10.3 Å². The summed E-state index contributed by atoms with van der Waals surface area (Å²) in [7, 11) is -3.47. The van der Waals surface area contributed by atoms with Crippen molar-refractivity contribution in [3.05, 3.63) is 36.7 Å². The fraction of sp³-hybridized carbons (Fsp3) is 0.357. The first-order valence-electron chi connectivity index (χ1n) is 6.66. The van der Waals surface area contributed by atoms with E-state index in [1.54, 1.807) is 34.9 Å². The predicted molar refractivity (Wildman–Crippen MR) is 85.2 cm³/mol. The summed E-state index contributed by atoms with van der Waals surface area (Å²) < 4.78 is 27.4. The Hall–Kier alpha value is -1.21. The van der Waals surface area contributed by atoms with Crippen molar-refractivity contribution in [1.82, 2.24) is 14.6 Å². The van der Waals surface area contributed by atoms with Crippen molar-refractivity contribution in [3.63, 3.8) is 0 Å². The first-order chi connectivity index (χ1) is 9.60. The van der Waals surface area contributed by atoms with E-state index in [9.17, 15) is 8.42 Å². The van der Waals surface area contributed by atoms with Crippen LogP contribution in [0.5, 0.6) is 0 Å². The van der Waals surface area contributed by atoms with Crippen LogP contribution in [0, 0.1) is 0 Å². The predicted octanol–water partition coefficient (Wildman–Crippen LogP) is 1.64. The average Bonchev–Trinajstić information content (AvgIpc) is 2.47. The van der Waals surface area contributed by atoms with E-state index >= 15 is 0 Å². The van der Waals surface area contributed by atoms with Gasteiger partial charge in [0.05, 0.1) is 4.90 Å². The zero-order valence-corrected chi connectivity index (χ0v) is 13.3. The zero-order chi connectivity index (χ0) is 14.2. The molecule has 5 nitrogen and oxygen atoms in total. The molecule has 1 aliphatic rings. The van der Waals surface area contributed by atoms with Gasteiger partial charge in [-0.3, -0.25) is 4.98 Å². The van der Waals surface area contributed by atoms with Gasteiger partial charge in [0.25, 0.3) is 0 Å². The number of hydrogen-bond donors (Lipinski definition) is 1. The van der Waals surface area contributed by atoms with Crippen LogP contribution in [-0.2, 0) is 10.0 Å². The second kappa shape index (κ2) is 6.27. The van der Waals surface area contributed by atoms with Crippen molar-refractivity contribution in [2.45, 2.75) is 17.9 Å². The van der Waals surface area contributed by atoms with Crippen LogP contribution < -0.4 is 5.32 Å². The SMILES string of the molecule is C[C@@H]1CNCCN1S(=O)(=O)c1cccc2cnccc12.Cl. The number of nitrogens with one attached hydrogen (secondary N) is 1. The van der Waals surface area contributed by atoms with Crippen molar-refractivity contribution >= 4 is 33.2 Å². The van der Waals surface area contributed by atoms with E-state index in [0.29, 0.717) is 24.5 Å². The van der Waals surface area contributed by atoms with Crippen LogP contribution in [0.25, 0.3) is 10.8 Å². The van der Waals surface area contributed by atoms with E-state index in [0.717, 1.165) is 10.8 Å². The standard InChI is InChI=1S/C14H17N3O2S.ClH/c1-11-9-16-7-8-17(11)20(18,19)14-4-2-3-12-10-15-6-5-13(12)14;/h2-6,10-11,16H,7-9H2,1H3;1H/t11-;/m1./s1. The third-order valence-electron chi connectivity index (χ3n) is 3.67. The number of pyridine rings is 1. The number of halogens is 1. The largest absolute Gasteiger partial charge is 0.314 e. The van der Waals surface area contributed by atoms with Crippen molar-refractivity contribution in [2.24, 2.45) is 0 Å². The van der Waals surface area contributed by atoms with Gasteiger partial charge >= 0.3 is 0 Å². The van der Waals surface area contributed by atoms with Gasteiger partial charge in [-0.15, -0.1) is 12.4 Å². The molecule has 2 aromatic rings. The molecule has 0 amide bonds. The molecule has 1 aromatic carbocycles. The molecule has 1 aromatic heterocycles. The first-order valence-corrected chi connectivity index (χ1v) is 8.10. The Balaban J connectivity index is 0.00000161. The number of benzene rings is 1. The summed E-state index contributed by atoms with van der Waals surface area (Å²) in [5.74, 6) is 0. The Morgan fingerprint density at radius 3 is 2.90 bits per heavy atom. The molecule has 3 rings (SSSR count). The monoisotopic (exact) mass is 327 g/mol. The van der Waals surface area contributed by atoms with E-state index < -0.39 is 10.0 Å². The van der Waals surface area contributed by atoms with Crippen LogP contribution in [-0.4, -0.2) is 43.4 Å². The van der Waals surface area contributed by atoms with Gasteiger partial charge < -0.3 is 5.32 Å². The lowest BCUT2D eigenvalue weighted by Gasteiger charge is -2.33. The quantitative estimate of drug-likeness (QED) is 0.911. The van der Waals surface area contributed by atoms with E-state index in [1.807, 2.05) is 13.0 Å². The second-order valence-corrected chi connectivity index (χ2v) is 6.88. The Morgan fingerprint density at radius 1 is 1.33 bits per heavy atom. The van der Waals surface area contributed by atoms with Gasteiger partial charge in [0.15, 0.2) is 0 Å². The Kier molecular flexibility index (Phi) is 4.83. The Labute approximate surface area is 130 Å². The molecule has 1 aliphatic heterocycles. The molecule has 0 spiro atoms. The summed E-state index contributed by atoms with van der Waals surface area (Å²) >= 11 is 0. The molecule has 21 heavy (non-hydrogen) atoms. The van der Waals surface area contributed by atoms with Crippen LogP contribution >= 0.6 is 12.4 Å². The maximum absolute atomic E-state index is 12.9. The number of aromatic nitrogens is 1. The summed E-state index contributed by atoms with van der Waals surface area (Å²) in [6.07, 6.45) is 3.32. The minimum absolute atomic E-state index is 0. The molecule has 0 bridgehead atoms. The maximum Gasteiger partial charge on any atom is 0.244 e. The van der Waals surface area contributed by atoms with Gasteiger partial charge in [0.1, 0.15) is 0 Å². The number of piperazine rings is 1. The van der Waals surface area contributed by atoms with E-state index in [1.165, 1.54) is 0 Å². The first kappa shape index (κ1) is 16.2. The van der Waals surface area contributed by atoms with Crippen molar-refractivity contribution in [3.8, 4) is 0 Å². The number of rotatable bonds is 2. The molecule has 0 radical (unpaired) electrons. The summed E-state index contributed by atoms with van der Waals surface area (Å²) in [4.78, 5) is 4.41. The van der Waals surface area contributed by atoms with Gasteiger partial charge in [-0.05, 0) is 19.1 Å². The van der Waals surface area contributed by atoms with Gasteiger partial charge in [0.2, 0.25) is 10.0 Å². The smallest absolute Gasteiger partial charge is 0.244 e. The molecule has 1 saturated heterocycles. The molecule has 7 heteroatoms. The molecule has 1 fully saturated rings. The van der Waals surface area contributed by atoms with Crippen LogP contribution in [0.4, 0.5) is 0 Å². The summed E-state index contributed by atoms with van der Waals surface area (Å²) in [6, 6.07) is 7.04. The highest BCUT2D eigenvalue weighted by atomic mass is 35.5. The zero-order valence-electron chi connectivity index (χ0n) is 11.7. The Morgan fingerprint density at radius 2 is 2.14 bits per heavy atom. The average molecular weight is 328 g/mol. The molecule has 0 unspecified atom stereocenters. The van der Waals surface area contributed by atoms with Crippen molar-refractivity contribution in [1.29, 1.82) is 0 Å². The lowest BCUT2D eigenvalue weighted by atomic mass is 10.2. The highest BCUT2D eigenvalue weighted by Gasteiger charge is 2.31. The molecular weight excluding hydrogens is 310 g/mol. The molecule has 1 N–H and O–H groups in total. The van der Waals surface area contributed by atoms with Crippen molar-refractivity contribution in [2.75, 3.05) is 19.6 Å². The third kappa shape index (κ3) is 2.89. The maximum atomic E-state index is 12.9. The summed E-state index contributed by atoms with van der Waals surface area (Å²) in [5.41, 5.74) is 0. The van der Waals surface area contributed by atoms with Crippen molar-refractivity contribution < 1.29 is 8.42 Å². The van der Waals surface area contributed by atoms with Crippen LogP contribution in [0.15, 0.2) is 41.6 Å². The minimum atomic E-state index is -3.47. The molecule has 0 aliphatic carbocycles. The fourth-order valence-corrected chi connectivity index (χ4v) is 4.47. The van der Waals surface area contributed by atoms with E-state index in [-0.39, 0.29) is 18.4 Å². The normalized spacial score (nSPS) is 20.1. The number of hydrogen-bond acceptors (Lipinski definition) is 4. The van der Waals surface area contributed by atoms with Gasteiger partial charge in [-0.2, -0.15) is 4.31 Å². The molecule has 0 saturated carbocycles. The lowest BCUT2D eigenvalue weighted by Crippen LogP contribution is -2.52. The summed E-state index contributed by atoms with van der Waals surface area (Å²) in [6.45, 7) is 3.81. The molecular formula is C14H18ClN3O2S. The van der Waals surface area contributed by atoms with Crippen LogP contribution in [0.2, 0.25) is 0 Å². The minimum Gasteiger partial charge on any atom is -0.314 e. The lowest BCUT2D eigenvalue weighted by molar-refractivity contribution is 0.284. The summed E-state index contributed by atoms with van der Waals surface area (Å²) in [5, 5.41) is 4.78. The van der Waals surface area contributed by atoms with Crippen LogP contribution in [0.3, 0.4) is 0 Å². The topological polar surface area (TPSA) is 62.3 Å². The highest BCUT2D eigenvalue weighted by molar-refractivity contribution is 7.89. The third-order valence-corrected chi connectivity index (χ3v) is 5.74. The van der Waals surface area contributed by atoms with Gasteiger partial charge in [-0.1, -0.05) is 12.1 Å². The number of fused-ring (bicyclic) bond motifs is 1. The molecule has 114 valence electrons. The molecule has 2 heterocycles. The van der Waals surface area contributed by atoms with Gasteiger partial charge in [-0.25, -0.2) is 8.42 Å². The van der Waals surface area contributed by atoms with Crippen LogP contribution in [0.1, 0.15) is 6.92 Å². The highest BCUT2D eigenvalue weighted by Crippen LogP contribution is 2.26. The van der Waals surface area contributed by atoms with Gasteiger partial charge in [0, 0.05) is 48.8 Å². The fourth-order valence-electron chi connectivity index (χ4n) is 2.62. The Bertz CT molecular complexity index is 731. The molecule has 1 atom stereocenters. The second-order valence-electron chi connectivity index (χ2n) is 5.02. The number of sulfonamides is 1. The van der Waals surface area contributed by atoms with E-state index in [4.69, 9.17) is 0 Å².